The predicted molar refractivity (Wildman–Crippen MR) is 118 cm³/mol. The summed E-state index contributed by atoms with van der Waals surface area (Å²) in [6, 6.07) is 5.12. The fraction of sp³-hybridized carbons (Fsp3) is 0.682. The number of ether oxygens (including phenoxy) is 1. The summed E-state index contributed by atoms with van der Waals surface area (Å²) in [5, 5.41) is 1.52. The minimum absolute atomic E-state index is 0.198. The van der Waals surface area contributed by atoms with E-state index >= 15 is 0 Å². The van der Waals surface area contributed by atoms with E-state index in [1.807, 2.05) is 41.5 Å². The summed E-state index contributed by atoms with van der Waals surface area (Å²) in [6.45, 7) is 16.8. The van der Waals surface area contributed by atoms with Gasteiger partial charge in [0, 0.05) is 5.54 Å². The van der Waals surface area contributed by atoms with Crippen LogP contribution in [0.2, 0.25) is 0 Å². The number of hydroxylamine groups is 2. The normalized spacial score (nSPS) is 15.1. The Hall–Kier alpha value is -1.31. The van der Waals surface area contributed by atoms with Crippen molar-refractivity contribution in [3.05, 3.63) is 30.1 Å². The zero-order valence-corrected chi connectivity index (χ0v) is 21.0. The molecule has 9 heteroatoms. The quantitative estimate of drug-likeness (QED) is 0.189. The second-order valence-electron chi connectivity index (χ2n) is 9.23. The van der Waals surface area contributed by atoms with Gasteiger partial charge in [0.25, 0.3) is 0 Å². The van der Waals surface area contributed by atoms with Gasteiger partial charge in [-0.1, -0.05) is 20.8 Å². The first-order chi connectivity index (χ1) is 14.2. The highest BCUT2D eigenvalue weighted by Crippen LogP contribution is 2.60. The Morgan fingerprint density at radius 2 is 1.52 bits per heavy atom. The third-order valence-electron chi connectivity index (χ3n) is 4.21. The van der Waals surface area contributed by atoms with E-state index < -0.39 is 42.2 Å². The second kappa shape index (κ2) is 11.0. The first-order valence-corrected chi connectivity index (χ1v) is 12.1. The van der Waals surface area contributed by atoms with E-state index in [1.165, 1.54) is 36.3 Å². The van der Waals surface area contributed by atoms with Gasteiger partial charge >= 0.3 is 13.6 Å². The van der Waals surface area contributed by atoms with Gasteiger partial charge in [-0.2, -0.15) is 5.06 Å². The molecule has 1 aromatic rings. The van der Waals surface area contributed by atoms with E-state index in [2.05, 4.69) is 0 Å². The molecule has 0 spiro atoms. The molecule has 0 N–H and O–H groups in total. The largest absolute Gasteiger partial charge is 0.425 e. The summed E-state index contributed by atoms with van der Waals surface area (Å²) in [7, 11) is -3.65. The molecule has 0 aromatic heterocycles. The Balaban J connectivity index is 3.25. The van der Waals surface area contributed by atoms with Crippen LogP contribution in [0.25, 0.3) is 0 Å². The smallest absolute Gasteiger partial charge is 0.350 e. The van der Waals surface area contributed by atoms with E-state index in [0.29, 0.717) is 0 Å². The molecule has 2 unspecified atom stereocenters. The molecule has 0 saturated heterocycles. The zero-order valence-electron chi connectivity index (χ0n) is 20.1. The maximum atomic E-state index is 13.8. The average molecular weight is 462 g/mol. The lowest BCUT2D eigenvalue weighted by molar-refractivity contribution is -0.261. The first-order valence-electron chi connectivity index (χ1n) is 10.5. The zero-order chi connectivity index (χ0) is 24.0. The van der Waals surface area contributed by atoms with Gasteiger partial charge in [0.2, 0.25) is 0 Å². The Morgan fingerprint density at radius 3 is 1.90 bits per heavy atom. The minimum atomic E-state index is -3.65. The Bertz CT molecular complexity index is 747. The maximum absolute atomic E-state index is 13.8. The molecule has 0 fully saturated rings. The summed E-state index contributed by atoms with van der Waals surface area (Å²) in [5.74, 6) is -1.71. The van der Waals surface area contributed by atoms with Crippen molar-refractivity contribution in [2.24, 2.45) is 5.41 Å². The molecular weight excluding hydrogens is 424 g/mol. The lowest BCUT2D eigenvalue weighted by atomic mass is 9.94. The number of carbonyl (C=O) groups is 1. The van der Waals surface area contributed by atoms with E-state index in [0.717, 1.165) is 0 Å². The van der Waals surface area contributed by atoms with Crippen molar-refractivity contribution in [2.45, 2.75) is 79.7 Å². The van der Waals surface area contributed by atoms with Crippen LogP contribution in [-0.4, -0.2) is 41.7 Å². The number of nitrogens with zero attached hydrogens (tertiary/aromatic N) is 1. The standard InChI is InChI=1S/C22H37FNO6P/c1-10-27-31(26,28-11-2)20(21(4,5)6)24(22(7,8)9)30-16(3)19(25)29-18-14-12-17(23)13-15-18/h12-16,20H,10-11H2,1-9H3. The number of hydrogen-bond donors (Lipinski definition) is 0. The van der Waals surface area contributed by atoms with Crippen LogP contribution in [-0.2, 0) is 23.2 Å². The number of carbonyl (C=O) groups excluding carboxylic acids is 1. The van der Waals surface area contributed by atoms with E-state index in [4.69, 9.17) is 18.6 Å². The van der Waals surface area contributed by atoms with Gasteiger partial charge in [0.05, 0.1) is 13.2 Å². The van der Waals surface area contributed by atoms with Crippen LogP contribution in [0.1, 0.15) is 62.3 Å². The highest BCUT2D eigenvalue weighted by atomic mass is 31.2. The lowest BCUT2D eigenvalue weighted by Crippen LogP contribution is -2.55. The van der Waals surface area contributed by atoms with Crippen molar-refractivity contribution in [2.75, 3.05) is 13.2 Å². The molecule has 1 rings (SSSR count). The summed E-state index contributed by atoms with van der Waals surface area (Å²) in [4.78, 5) is 18.7. The summed E-state index contributed by atoms with van der Waals surface area (Å²) < 4.78 is 43.5. The summed E-state index contributed by atoms with van der Waals surface area (Å²) in [6.07, 6.45) is -1.04. The molecule has 2 atom stereocenters. The Labute approximate surface area is 185 Å². The van der Waals surface area contributed by atoms with Crippen LogP contribution in [0.15, 0.2) is 24.3 Å². The van der Waals surface area contributed by atoms with Gasteiger partial charge in [-0.3, -0.25) is 9.40 Å². The molecule has 178 valence electrons. The number of hydrogen-bond acceptors (Lipinski definition) is 7. The molecule has 7 nitrogen and oxygen atoms in total. The van der Waals surface area contributed by atoms with E-state index in [-0.39, 0.29) is 19.0 Å². The van der Waals surface area contributed by atoms with Crippen molar-refractivity contribution >= 4 is 13.6 Å². The van der Waals surface area contributed by atoms with Crippen LogP contribution in [0.5, 0.6) is 5.75 Å². The van der Waals surface area contributed by atoms with Crippen molar-refractivity contribution in [3.63, 3.8) is 0 Å². The molecule has 0 saturated carbocycles. The van der Waals surface area contributed by atoms with Crippen LogP contribution < -0.4 is 4.74 Å². The van der Waals surface area contributed by atoms with Gasteiger partial charge in [0.15, 0.2) is 6.10 Å². The van der Waals surface area contributed by atoms with Gasteiger partial charge in [-0.15, -0.1) is 0 Å². The molecule has 0 aliphatic carbocycles. The molecule has 1 aromatic carbocycles. The topological polar surface area (TPSA) is 74.3 Å². The Morgan fingerprint density at radius 1 is 1.03 bits per heavy atom. The molecule has 0 aliphatic rings. The molecule has 0 radical (unpaired) electrons. The Kier molecular flexibility index (Phi) is 9.85. The number of benzene rings is 1. The van der Waals surface area contributed by atoms with Gasteiger partial charge in [0.1, 0.15) is 17.3 Å². The fourth-order valence-corrected chi connectivity index (χ4v) is 5.67. The molecule has 31 heavy (non-hydrogen) atoms. The molecule has 0 aliphatic heterocycles. The average Bonchev–Trinajstić information content (AvgIpc) is 2.61. The maximum Gasteiger partial charge on any atom is 0.350 e. The molecule has 0 amide bonds. The SMILES string of the molecule is CCOP(=O)(OCC)C(N(OC(C)C(=O)Oc1ccc(F)cc1)C(C)(C)C)C(C)(C)C. The predicted octanol–water partition coefficient (Wildman–Crippen LogP) is 5.79. The second-order valence-corrected chi connectivity index (χ2v) is 11.3. The van der Waals surface area contributed by atoms with Crippen LogP contribution in [0.4, 0.5) is 4.39 Å². The van der Waals surface area contributed by atoms with Crippen LogP contribution in [0.3, 0.4) is 0 Å². The molecule has 0 bridgehead atoms. The van der Waals surface area contributed by atoms with Gasteiger partial charge < -0.3 is 13.8 Å². The lowest BCUT2D eigenvalue weighted by Gasteiger charge is -2.47. The summed E-state index contributed by atoms with van der Waals surface area (Å²) in [5.41, 5.74) is -1.25. The van der Waals surface area contributed by atoms with Gasteiger partial charge in [-0.05, 0) is 71.2 Å². The monoisotopic (exact) mass is 461 g/mol. The number of esters is 1. The van der Waals surface area contributed by atoms with E-state index in [9.17, 15) is 13.8 Å². The van der Waals surface area contributed by atoms with Crippen LogP contribution >= 0.6 is 7.60 Å². The minimum Gasteiger partial charge on any atom is -0.425 e. The first kappa shape index (κ1) is 27.7. The third-order valence-corrected chi connectivity index (χ3v) is 7.03. The number of rotatable bonds is 10. The third kappa shape index (κ3) is 7.95. The summed E-state index contributed by atoms with van der Waals surface area (Å²) >= 11 is 0. The van der Waals surface area contributed by atoms with Crippen molar-refractivity contribution in [1.82, 2.24) is 5.06 Å². The fourth-order valence-electron chi connectivity index (χ4n) is 2.99. The van der Waals surface area contributed by atoms with E-state index in [1.54, 1.807) is 13.8 Å². The van der Waals surface area contributed by atoms with Gasteiger partial charge in [-0.25, -0.2) is 9.18 Å². The van der Waals surface area contributed by atoms with Crippen molar-refractivity contribution < 1.29 is 32.4 Å². The highest BCUT2D eigenvalue weighted by molar-refractivity contribution is 7.54. The van der Waals surface area contributed by atoms with Crippen molar-refractivity contribution in [1.29, 1.82) is 0 Å². The number of halogens is 1. The van der Waals surface area contributed by atoms with Crippen LogP contribution in [0, 0.1) is 11.2 Å². The highest BCUT2D eigenvalue weighted by Gasteiger charge is 2.52. The molecule has 0 heterocycles. The van der Waals surface area contributed by atoms with Crippen molar-refractivity contribution in [3.8, 4) is 5.75 Å². The molecular formula is C22H37FNO6P.